The van der Waals surface area contributed by atoms with Crippen LogP contribution in [0.4, 0.5) is 5.69 Å². The number of imidazole rings is 1. The molecule has 0 spiro atoms. The van der Waals surface area contributed by atoms with Crippen molar-refractivity contribution in [2.24, 2.45) is 5.92 Å². The van der Waals surface area contributed by atoms with E-state index in [0.29, 0.717) is 6.04 Å². The van der Waals surface area contributed by atoms with Gasteiger partial charge in [0.1, 0.15) is 5.82 Å². The Kier molecular flexibility index (Phi) is 4.16. The second-order valence-corrected chi connectivity index (χ2v) is 8.25. The van der Waals surface area contributed by atoms with Crippen LogP contribution < -0.4 is 10.2 Å². The topological polar surface area (TPSA) is 33.1 Å². The average Bonchev–Trinajstić information content (AvgIpc) is 2.99. The van der Waals surface area contributed by atoms with Crippen molar-refractivity contribution in [1.82, 2.24) is 14.9 Å². The molecule has 4 heteroatoms. The van der Waals surface area contributed by atoms with Crippen LogP contribution in [0.2, 0.25) is 0 Å². The van der Waals surface area contributed by atoms with Crippen LogP contribution in [0.1, 0.15) is 30.3 Å². The Labute approximate surface area is 161 Å². The Morgan fingerprint density at radius 1 is 1.11 bits per heavy atom. The normalized spacial score (nSPS) is 19.9. The van der Waals surface area contributed by atoms with Crippen molar-refractivity contribution < 1.29 is 0 Å². The molecule has 4 nitrogen and oxygen atoms in total. The second kappa shape index (κ2) is 6.68. The number of benzene rings is 2. The van der Waals surface area contributed by atoms with Gasteiger partial charge in [0.2, 0.25) is 0 Å². The highest BCUT2D eigenvalue weighted by atomic mass is 15.1. The van der Waals surface area contributed by atoms with Gasteiger partial charge in [-0.2, -0.15) is 0 Å². The Hall–Kier alpha value is -2.33. The molecule has 1 fully saturated rings. The Morgan fingerprint density at radius 3 is 2.67 bits per heavy atom. The van der Waals surface area contributed by atoms with Crippen molar-refractivity contribution in [2.75, 3.05) is 25.0 Å². The van der Waals surface area contributed by atoms with E-state index < -0.39 is 0 Å². The van der Waals surface area contributed by atoms with E-state index in [4.69, 9.17) is 4.98 Å². The molecule has 0 bridgehead atoms. The van der Waals surface area contributed by atoms with Crippen LogP contribution in [0.25, 0.3) is 11.0 Å². The van der Waals surface area contributed by atoms with Gasteiger partial charge in [-0.1, -0.05) is 30.3 Å². The van der Waals surface area contributed by atoms with Crippen molar-refractivity contribution in [3.63, 3.8) is 0 Å². The summed E-state index contributed by atoms with van der Waals surface area (Å²) in [5.41, 5.74) is 6.68. The second-order valence-electron chi connectivity index (χ2n) is 8.25. The lowest BCUT2D eigenvalue weighted by molar-refractivity contribution is 0.307. The summed E-state index contributed by atoms with van der Waals surface area (Å²) in [5.74, 6) is 1.92. The fourth-order valence-corrected chi connectivity index (χ4v) is 4.50. The highest BCUT2D eigenvalue weighted by Crippen LogP contribution is 2.35. The summed E-state index contributed by atoms with van der Waals surface area (Å²) in [6.07, 6.45) is 3.23. The van der Waals surface area contributed by atoms with Gasteiger partial charge in [0.05, 0.1) is 11.0 Å². The molecule has 1 saturated heterocycles. The largest absolute Gasteiger partial charge is 0.372 e. The summed E-state index contributed by atoms with van der Waals surface area (Å²) in [5, 5.41) is 3.41. The zero-order valence-corrected chi connectivity index (χ0v) is 16.3. The number of nitrogens with zero attached hydrogens (tertiary/aromatic N) is 3. The van der Waals surface area contributed by atoms with Crippen LogP contribution in [0.3, 0.4) is 0 Å². The van der Waals surface area contributed by atoms with Crippen molar-refractivity contribution in [3.05, 3.63) is 59.4 Å². The van der Waals surface area contributed by atoms with Gasteiger partial charge in [0.15, 0.2) is 0 Å². The minimum atomic E-state index is 0.599. The van der Waals surface area contributed by atoms with E-state index in [2.05, 4.69) is 71.2 Å². The van der Waals surface area contributed by atoms with Gasteiger partial charge in [-0.05, 0) is 37.5 Å². The van der Waals surface area contributed by atoms with Gasteiger partial charge in [0, 0.05) is 56.3 Å². The van der Waals surface area contributed by atoms with Crippen LogP contribution in [-0.2, 0) is 19.4 Å². The molecule has 27 heavy (non-hydrogen) atoms. The minimum Gasteiger partial charge on any atom is -0.372 e. The minimum absolute atomic E-state index is 0.599. The number of aromatic nitrogens is 2. The molecule has 1 N–H and O–H groups in total. The first-order valence-corrected chi connectivity index (χ1v) is 10.2. The first kappa shape index (κ1) is 16.8. The maximum Gasteiger partial charge on any atom is 0.114 e. The van der Waals surface area contributed by atoms with Crippen molar-refractivity contribution in [1.29, 1.82) is 0 Å². The van der Waals surface area contributed by atoms with Gasteiger partial charge >= 0.3 is 0 Å². The van der Waals surface area contributed by atoms with Gasteiger partial charge in [-0.15, -0.1) is 0 Å². The molecule has 2 aliphatic rings. The van der Waals surface area contributed by atoms with E-state index in [-0.39, 0.29) is 0 Å². The molecule has 1 atom stereocenters. The van der Waals surface area contributed by atoms with Crippen LogP contribution >= 0.6 is 0 Å². The lowest BCUT2D eigenvalue weighted by Crippen LogP contribution is -2.44. The summed E-state index contributed by atoms with van der Waals surface area (Å²) in [6.45, 7) is 5.62. The molecule has 1 aromatic heterocycles. The van der Waals surface area contributed by atoms with E-state index in [0.717, 1.165) is 38.4 Å². The van der Waals surface area contributed by atoms with E-state index >= 15 is 0 Å². The average molecular weight is 361 g/mol. The molecule has 5 rings (SSSR count). The molecular weight excluding hydrogens is 332 g/mol. The number of nitrogens with one attached hydrogen (secondary N) is 1. The van der Waals surface area contributed by atoms with E-state index in [1.807, 2.05) is 0 Å². The summed E-state index contributed by atoms with van der Waals surface area (Å²) < 4.78 is 2.49. The third-order valence-electron chi connectivity index (χ3n) is 6.45. The first-order valence-electron chi connectivity index (χ1n) is 10.2. The van der Waals surface area contributed by atoms with E-state index in [9.17, 15) is 0 Å². The smallest absolute Gasteiger partial charge is 0.114 e. The Balaban J connectivity index is 1.62. The molecule has 3 heterocycles. The highest BCUT2D eigenvalue weighted by molar-refractivity contribution is 5.86. The highest BCUT2D eigenvalue weighted by Gasteiger charge is 2.26. The summed E-state index contributed by atoms with van der Waals surface area (Å²) >= 11 is 0. The van der Waals surface area contributed by atoms with Crippen LogP contribution in [-0.4, -0.2) is 35.7 Å². The molecule has 0 aliphatic carbocycles. The number of hydrogen-bond acceptors (Lipinski definition) is 3. The fourth-order valence-electron chi connectivity index (χ4n) is 4.50. The Morgan fingerprint density at radius 2 is 1.93 bits per heavy atom. The molecule has 0 amide bonds. The van der Waals surface area contributed by atoms with Crippen LogP contribution in [0.15, 0.2) is 42.5 Å². The van der Waals surface area contributed by atoms with Crippen LogP contribution in [0, 0.1) is 5.92 Å². The lowest BCUT2D eigenvalue weighted by Gasteiger charge is -2.34. The van der Waals surface area contributed by atoms with E-state index in [1.54, 1.807) is 0 Å². The molecule has 0 saturated carbocycles. The standard InChI is InChI=1S/C23H28N4/c1-16-8-9-19-20(26(16)2)10-11-21-23(19)25-22(12-17-6-4-3-5-7-17)27(21)15-18-13-24-14-18/h3-7,10-11,16,18,24H,8-9,12-15H2,1-2H3. The molecule has 0 radical (unpaired) electrons. The van der Waals surface area contributed by atoms with Gasteiger partial charge < -0.3 is 14.8 Å². The van der Waals surface area contributed by atoms with Gasteiger partial charge in [-0.3, -0.25) is 0 Å². The van der Waals surface area contributed by atoms with Crippen molar-refractivity contribution >= 4 is 16.7 Å². The zero-order chi connectivity index (χ0) is 18.4. The monoisotopic (exact) mass is 360 g/mol. The quantitative estimate of drug-likeness (QED) is 0.771. The molecule has 3 aromatic rings. The van der Waals surface area contributed by atoms with Crippen molar-refractivity contribution in [3.8, 4) is 0 Å². The molecular formula is C23H28N4. The third-order valence-corrected chi connectivity index (χ3v) is 6.45. The first-order chi connectivity index (χ1) is 13.2. The summed E-state index contributed by atoms with van der Waals surface area (Å²) in [4.78, 5) is 7.63. The number of aryl methyl sites for hydroxylation is 1. The zero-order valence-electron chi connectivity index (χ0n) is 16.3. The van der Waals surface area contributed by atoms with E-state index in [1.165, 1.54) is 40.1 Å². The number of hydrogen-bond donors (Lipinski definition) is 1. The third kappa shape index (κ3) is 2.92. The van der Waals surface area contributed by atoms with Crippen LogP contribution in [0.5, 0.6) is 0 Å². The predicted molar refractivity (Wildman–Crippen MR) is 112 cm³/mol. The molecule has 2 aliphatic heterocycles. The summed E-state index contributed by atoms with van der Waals surface area (Å²) in [7, 11) is 2.22. The predicted octanol–water partition coefficient (Wildman–Crippen LogP) is 3.62. The maximum atomic E-state index is 5.21. The van der Waals surface area contributed by atoms with Gasteiger partial charge in [0.25, 0.3) is 0 Å². The summed E-state index contributed by atoms with van der Waals surface area (Å²) in [6, 6.07) is 16.0. The molecule has 2 aromatic carbocycles. The number of fused-ring (bicyclic) bond motifs is 3. The lowest BCUT2D eigenvalue weighted by atomic mass is 9.96. The SMILES string of the molecule is CC1CCc2c(ccc3c2nc(Cc2ccccc2)n3CC2CNC2)N1C. The van der Waals surface area contributed by atoms with Crippen molar-refractivity contribution in [2.45, 2.75) is 38.8 Å². The maximum absolute atomic E-state index is 5.21. The van der Waals surface area contributed by atoms with Gasteiger partial charge in [-0.25, -0.2) is 4.98 Å². The number of anilines is 1. The Bertz CT molecular complexity index is 955. The molecule has 140 valence electrons. The molecule has 1 unspecified atom stereocenters. The number of rotatable bonds is 4. The fraction of sp³-hybridized carbons (Fsp3) is 0.435.